The van der Waals surface area contributed by atoms with Crippen LogP contribution in [0.2, 0.25) is 0 Å². The first-order chi connectivity index (χ1) is 9.88. The Hall–Kier alpha value is -2.41. The second kappa shape index (κ2) is 5.92. The zero-order valence-electron chi connectivity index (χ0n) is 10.9. The highest BCUT2D eigenvalue weighted by Crippen LogP contribution is 2.22. The Bertz CT molecular complexity index is 783. The van der Waals surface area contributed by atoms with Gasteiger partial charge in [0.15, 0.2) is 5.43 Å². The van der Waals surface area contributed by atoms with E-state index in [9.17, 15) is 14.4 Å². The van der Waals surface area contributed by atoms with Crippen molar-refractivity contribution in [1.82, 2.24) is 4.98 Å². The van der Waals surface area contributed by atoms with E-state index in [2.05, 4.69) is 26.2 Å². The number of hydrogen-bond acceptors (Lipinski definition) is 3. The van der Waals surface area contributed by atoms with Crippen LogP contribution >= 0.6 is 15.9 Å². The van der Waals surface area contributed by atoms with Gasteiger partial charge in [-0.25, -0.2) is 4.79 Å². The van der Waals surface area contributed by atoms with Gasteiger partial charge in [-0.15, -0.1) is 0 Å². The van der Waals surface area contributed by atoms with Gasteiger partial charge in [0, 0.05) is 22.4 Å². The van der Waals surface area contributed by atoms with E-state index < -0.39 is 17.3 Å². The summed E-state index contributed by atoms with van der Waals surface area (Å²) in [6, 6.07) is 5.68. The van der Waals surface area contributed by atoms with Gasteiger partial charge in [-0.1, -0.05) is 15.9 Å². The SMILES string of the molecule is Cc1cc(=O)c(C(=O)Nc2cc(Br)ccc2C(=O)O)c[nH]1. The molecule has 3 N–H and O–H groups in total. The molecule has 0 saturated carbocycles. The molecule has 0 atom stereocenters. The number of pyridine rings is 1. The number of carbonyl (C=O) groups excluding carboxylic acids is 1. The van der Waals surface area contributed by atoms with E-state index in [1.807, 2.05) is 0 Å². The predicted molar refractivity (Wildman–Crippen MR) is 80.9 cm³/mol. The minimum absolute atomic E-state index is 0.0601. The number of carboxylic acids is 1. The molecule has 0 radical (unpaired) electrons. The van der Waals surface area contributed by atoms with E-state index in [4.69, 9.17) is 5.11 Å². The molecule has 1 aromatic heterocycles. The topological polar surface area (TPSA) is 99.3 Å². The molecule has 0 bridgehead atoms. The van der Waals surface area contributed by atoms with Crippen LogP contribution in [-0.2, 0) is 0 Å². The zero-order valence-corrected chi connectivity index (χ0v) is 12.5. The summed E-state index contributed by atoms with van der Waals surface area (Å²) in [6.07, 6.45) is 1.30. The van der Waals surface area contributed by atoms with Gasteiger partial charge in [0.1, 0.15) is 5.56 Å². The summed E-state index contributed by atoms with van der Waals surface area (Å²) in [5.74, 6) is -1.84. The molecule has 0 aliphatic rings. The molecule has 6 nitrogen and oxygen atoms in total. The van der Waals surface area contributed by atoms with E-state index in [0.29, 0.717) is 10.2 Å². The van der Waals surface area contributed by atoms with Crippen molar-refractivity contribution in [3.05, 3.63) is 62.0 Å². The van der Waals surface area contributed by atoms with Gasteiger partial charge in [0.2, 0.25) is 0 Å². The van der Waals surface area contributed by atoms with Crippen molar-refractivity contribution in [1.29, 1.82) is 0 Å². The van der Waals surface area contributed by atoms with Crippen molar-refractivity contribution in [2.45, 2.75) is 6.92 Å². The Balaban J connectivity index is 2.38. The van der Waals surface area contributed by atoms with Gasteiger partial charge >= 0.3 is 5.97 Å². The van der Waals surface area contributed by atoms with Crippen LogP contribution in [0.4, 0.5) is 5.69 Å². The van der Waals surface area contributed by atoms with Gasteiger partial charge in [0.25, 0.3) is 5.91 Å². The summed E-state index contributed by atoms with van der Waals surface area (Å²) >= 11 is 3.20. The number of aromatic amines is 1. The molecule has 1 amide bonds. The van der Waals surface area contributed by atoms with E-state index in [0.717, 1.165) is 0 Å². The number of nitrogens with one attached hydrogen (secondary N) is 2. The van der Waals surface area contributed by atoms with Crippen molar-refractivity contribution < 1.29 is 14.7 Å². The number of aromatic nitrogens is 1. The maximum atomic E-state index is 12.1. The lowest BCUT2D eigenvalue weighted by Crippen LogP contribution is -2.22. The molecule has 21 heavy (non-hydrogen) atoms. The lowest BCUT2D eigenvalue weighted by Gasteiger charge is -2.09. The summed E-state index contributed by atoms with van der Waals surface area (Å²) in [4.78, 5) is 37.7. The van der Waals surface area contributed by atoms with Crippen LogP contribution in [0.1, 0.15) is 26.4 Å². The van der Waals surface area contributed by atoms with Crippen LogP contribution in [0.5, 0.6) is 0 Å². The molecule has 0 aliphatic heterocycles. The summed E-state index contributed by atoms with van der Waals surface area (Å²) in [6.45, 7) is 1.69. The normalized spacial score (nSPS) is 10.2. The van der Waals surface area contributed by atoms with Crippen LogP contribution in [0.25, 0.3) is 0 Å². The monoisotopic (exact) mass is 350 g/mol. The molecular formula is C14H11BrN2O4. The molecule has 7 heteroatoms. The molecular weight excluding hydrogens is 340 g/mol. The molecule has 1 aromatic carbocycles. The lowest BCUT2D eigenvalue weighted by molar-refractivity contribution is 0.0698. The van der Waals surface area contributed by atoms with Crippen LogP contribution in [0.3, 0.4) is 0 Å². The molecule has 0 aliphatic carbocycles. The highest BCUT2D eigenvalue weighted by molar-refractivity contribution is 9.10. The number of aryl methyl sites for hydroxylation is 1. The summed E-state index contributed by atoms with van der Waals surface area (Å²) in [7, 11) is 0. The molecule has 0 spiro atoms. The number of aromatic carboxylic acids is 1. The first kappa shape index (κ1) is 15.0. The fourth-order valence-electron chi connectivity index (χ4n) is 1.75. The van der Waals surface area contributed by atoms with Crippen LogP contribution in [0.15, 0.2) is 39.7 Å². The number of carbonyl (C=O) groups is 2. The predicted octanol–water partition coefficient (Wildman–Crippen LogP) is 2.40. The Labute approximate surface area is 127 Å². The van der Waals surface area contributed by atoms with Crippen molar-refractivity contribution in [2.75, 3.05) is 5.32 Å². The number of amides is 1. The number of anilines is 1. The standard InChI is InChI=1S/C14H11BrN2O4/c1-7-4-12(18)10(6-16-7)13(19)17-11-5-8(15)2-3-9(11)14(20)21/h2-6H,1H3,(H,16,18)(H,17,19)(H,20,21). The van der Waals surface area contributed by atoms with E-state index >= 15 is 0 Å². The van der Waals surface area contributed by atoms with Gasteiger partial charge in [0.05, 0.1) is 11.3 Å². The van der Waals surface area contributed by atoms with Crippen molar-refractivity contribution >= 4 is 33.5 Å². The number of carboxylic acid groups (broad SMARTS) is 1. The average molecular weight is 351 g/mol. The van der Waals surface area contributed by atoms with Crippen molar-refractivity contribution in [3.8, 4) is 0 Å². The summed E-state index contributed by atoms with van der Waals surface area (Å²) in [5.41, 5.74) is 0.162. The maximum absolute atomic E-state index is 12.1. The van der Waals surface area contributed by atoms with Gasteiger partial charge in [-0.2, -0.15) is 0 Å². The number of rotatable bonds is 3. The quantitative estimate of drug-likeness (QED) is 0.791. The number of benzene rings is 1. The Kier molecular flexibility index (Phi) is 4.23. The van der Waals surface area contributed by atoms with Crippen LogP contribution in [-0.4, -0.2) is 22.0 Å². The fourth-order valence-corrected chi connectivity index (χ4v) is 2.11. The first-order valence-corrected chi connectivity index (χ1v) is 6.71. The third-order valence-electron chi connectivity index (χ3n) is 2.76. The molecule has 108 valence electrons. The van der Waals surface area contributed by atoms with E-state index in [1.165, 1.54) is 24.4 Å². The van der Waals surface area contributed by atoms with Gasteiger partial charge < -0.3 is 15.4 Å². The van der Waals surface area contributed by atoms with Crippen molar-refractivity contribution in [2.24, 2.45) is 0 Å². The minimum Gasteiger partial charge on any atom is -0.478 e. The van der Waals surface area contributed by atoms with E-state index in [-0.39, 0.29) is 16.8 Å². The highest BCUT2D eigenvalue weighted by atomic mass is 79.9. The van der Waals surface area contributed by atoms with E-state index in [1.54, 1.807) is 13.0 Å². The molecule has 2 rings (SSSR count). The van der Waals surface area contributed by atoms with Crippen LogP contribution < -0.4 is 10.7 Å². The Morgan fingerprint density at radius 2 is 1.95 bits per heavy atom. The molecule has 0 fully saturated rings. The van der Waals surface area contributed by atoms with Gasteiger partial charge in [-0.05, 0) is 25.1 Å². The van der Waals surface area contributed by atoms with Crippen molar-refractivity contribution in [3.63, 3.8) is 0 Å². The second-order valence-corrected chi connectivity index (χ2v) is 5.26. The fraction of sp³-hybridized carbons (Fsp3) is 0.0714. The number of H-pyrrole nitrogens is 1. The summed E-state index contributed by atoms with van der Waals surface area (Å²) < 4.78 is 0.612. The third-order valence-corrected chi connectivity index (χ3v) is 3.26. The van der Waals surface area contributed by atoms with Crippen LogP contribution in [0, 0.1) is 6.92 Å². The first-order valence-electron chi connectivity index (χ1n) is 5.92. The smallest absolute Gasteiger partial charge is 0.337 e. The Morgan fingerprint density at radius 1 is 1.24 bits per heavy atom. The molecule has 2 aromatic rings. The Morgan fingerprint density at radius 3 is 2.57 bits per heavy atom. The minimum atomic E-state index is -1.17. The highest BCUT2D eigenvalue weighted by Gasteiger charge is 2.16. The number of halogens is 1. The zero-order chi connectivity index (χ0) is 15.6. The molecule has 0 saturated heterocycles. The number of hydrogen-bond donors (Lipinski definition) is 3. The van der Waals surface area contributed by atoms with Gasteiger partial charge in [-0.3, -0.25) is 9.59 Å². The molecule has 1 heterocycles. The summed E-state index contributed by atoms with van der Waals surface area (Å²) in [5, 5.41) is 11.5. The second-order valence-electron chi connectivity index (χ2n) is 4.34. The largest absolute Gasteiger partial charge is 0.478 e. The maximum Gasteiger partial charge on any atom is 0.337 e. The third kappa shape index (κ3) is 3.38. The molecule has 0 unspecified atom stereocenters. The lowest BCUT2D eigenvalue weighted by atomic mass is 10.1. The average Bonchev–Trinajstić information content (AvgIpc) is 2.37.